The van der Waals surface area contributed by atoms with Gasteiger partial charge in [-0.1, -0.05) is 35.8 Å². The summed E-state index contributed by atoms with van der Waals surface area (Å²) in [4.78, 5) is 24.8. The van der Waals surface area contributed by atoms with Crippen LogP contribution in [0.1, 0.15) is 43.0 Å². The minimum atomic E-state index is -3.79. The number of hydrogen-bond donors (Lipinski definition) is 1. The molecular weight excluding hydrogens is 470 g/mol. The number of aryl methyl sites for hydroxylation is 1. The monoisotopic (exact) mass is 493 g/mol. The van der Waals surface area contributed by atoms with Gasteiger partial charge < -0.3 is 5.32 Å². The highest BCUT2D eigenvalue weighted by molar-refractivity contribution is 7.89. The Morgan fingerprint density at radius 1 is 1.09 bits per heavy atom. The first kappa shape index (κ1) is 23.0. The minimum absolute atomic E-state index is 0.0490. The third-order valence-electron chi connectivity index (χ3n) is 5.62. The Morgan fingerprint density at radius 2 is 1.81 bits per heavy atom. The van der Waals surface area contributed by atoms with Crippen LogP contribution in [0.25, 0.3) is 10.2 Å². The number of carbonyl (C=O) groups excluding carboxylic acids is 1. The summed E-state index contributed by atoms with van der Waals surface area (Å²) in [6, 6.07) is 9.55. The number of benzene rings is 2. The molecule has 7 nitrogen and oxygen atoms in total. The van der Waals surface area contributed by atoms with Crippen LogP contribution in [-0.2, 0) is 16.6 Å². The molecule has 0 aliphatic carbocycles. The van der Waals surface area contributed by atoms with E-state index in [2.05, 4.69) is 5.32 Å². The third kappa shape index (κ3) is 4.47. The van der Waals surface area contributed by atoms with Crippen molar-refractivity contribution < 1.29 is 13.2 Å². The van der Waals surface area contributed by atoms with Gasteiger partial charge in [-0.25, -0.2) is 8.42 Å². The number of halogens is 1. The molecule has 170 valence electrons. The Hall–Kier alpha value is -2.20. The molecule has 0 spiro atoms. The van der Waals surface area contributed by atoms with Gasteiger partial charge in [-0.3, -0.25) is 14.2 Å². The SMILES string of the molecule is CCn1c(=O)sc2cc(NC(=O)c3ccc(Cl)c(S(=O)(=O)N4CCCCCC4)c3)ccc21. The Morgan fingerprint density at radius 3 is 2.50 bits per heavy atom. The van der Waals surface area contributed by atoms with E-state index in [-0.39, 0.29) is 20.4 Å². The fourth-order valence-electron chi connectivity index (χ4n) is 3.91. The van der Waals surface area contributed by atoms with Crippen LogP contribution in [0.5, 0.6) is 0 Å². The van der Waals surface area contributed by atoms with Crippen LogP contribution in [0.3, 0.4) is 0 Å². The molecule has 1 aromatic heterocycles. The quantitative estimate of drug-likeness (QED) is 0.564. The Kier molecular flexibility index (Phi) is 6.71. The summed E-state index contributed by atoms with van der Waals surface area (Å²) in [5.74, 6) is -0.449. The standard InChI is InChI=1S/C22H24ClN3O4S2/c1-2-26-18-10-8-16(14-19(18)31-22(26)28)24-21(27)15-7-9-17(23)20(13-15)32(29,30)25-11-5-3-4-6-12-25/h7-10,13-14H,2-6,11-12H2,1H3,(H,24,27). The normalized spacial score (nSPS) is 15.6. The second-order valence-corrected chi connectivity index (χ2v) is 11.0. The van der Waals surface area contributed by atoms with Crippen LogP contribution in [0, 0.1) is 0 Å². The molecule has 1 saturated heterocycles. The average molecular weight is 494 g/mol. The predicted molar refractivity (Wildman–Crippen MR) is 128 cm³/mol. The summed E-state index contributed by atoms with van der Waals surface area (Å²) in [5, 5.41) is 2.88. The molecule has 0 unspecified atom stereocenters. The zero-order valence-electron chi connectivity index (χ0n) is 17.6. The summed E-state index contributed by atoms with van der Waals surface area (Å²) < 4.78 is 30.3. The maximum atomic E-state index is 13.2. The largest absolute Gasteiger partial charge is 0.322 e. The van der Waals surface area contributed by atoms with E-state index in [1.807, 2.05) is 6.92 Å². The molecule has 0 bridgehead atoms. The Labute approximate surface area is 195 Å². The van der Waals surface area contributed by atoms with Crippen LogP contribution < -0.4 is 10.2 Å². The molecule has 0 radical (unpaired) electrons. The number of hydrogen-bond acceptors (Lipinski definition) is 5. The fourth-order valence-corrected chi connectivity index (χ4v) is 6.92. The number of amides is 1. The van der Waals surface area contributed by atoms with Gasteiger partial charge in [0, 0.05) is 30.9 Å². The number of fused-ring (bicyclic) bond motifs is 1. The van der Waals surface area contributed by atoms with Crippen molar-refractivity contribution in [2.45, 2.75) is 44.0 Å². The minimum Gasteiger partial charge on any atom is -0.322 e. The lowest BCUT2D eigenvalue weighted by molar-refractivity contribution is 0.102. The second-order valence-electron chi connectivity index (χ2n) is 7.71. The van der Waals surface area contributed by atoms with E-state index < -0.39 is 15.9 Å². The lowest BCUT2D eigenvalue weighted by Gasteiger charge is -2.21. The van der Waals surface area contributed by atoms with Crippen molar-refractivity contribution in [1.29, 1.82) is 0 Å². The third-order valence-corrected chi connectivity index (χ3v) is 8.94. The fraction of sp³-hybridized carbons (Fsp3) is 0.364. The summed E-state index contributed by atoms with van der Waals surface area (Å²) in [6.07, 6.45) is 3.63. The average Bonchev–Trinajstić information content (AvgIpc) is 2.92. The molecule has 1 N–H and O–H groups in total. The van der Waals surface area contributed by atoms with Crippen LogP contribution in [0.4, 0.5) is 5.69 Å². The number of nitrogens with one attached hydrogen (secondary N) is 1. The molecule has 1 aliphatic rings. The molecule has 2 heterocycles. The number of carbonyl (C=O) groups is 1. The first-order valence-electron chi connectivity index (χ1n) is 10.6. The predicted octanol–water partition coefficient (Wildman–Crippen LogP) is 4.55. The van der Waals surface area contributed by atoms with Gasteiger partial charge in [-0.15, -0.1) is 0 Å². The van der Waals surface area contributed by atoms with E-state index in [0.717, 1.165) is 47.2 Å². The van der Waals surface area contributed by atoms with Gasteiger partial charge in [-0.05, 0) is 56.2 Å². The zero-order valence-corrected chi connectivity index (χ0v) is 20.0. The molecule has 1 fully saturated rings. The van der Waals surface area contributed by atoms with Gasteiger partial charge >= 0.3 is 4.87 Å². The maximum absolute atomic E-state index is 13.2. The number of sulfonamides is 1. The summed E-state index contributed by atoms with van der Waals surface area (Å²) >= 11 is 7.35. The highest BCUT2D eigenvalue weighted by Crippen LogP contribution is 2.28. The first-order valence-corrected chi connectivity index (χ1v) is 13.2. The van der Waals surface area contributed by atoms with Crippen molar-refractivity contribution in [3.05, 3.63) is 56.7 Å². The van der Waals surface area contributed by atoms with Gasteiger partial charge in [0.25, 0.3) is 5.91 Å². The van der Waals surface area contributed by atoms with Crippen molar-refractivity contribution in [1.82, 2.24) is 8.87 Å². The molecule has 2 aromatic carbocycles. The highest BCUT2D eigenvalue weighted by Gasteiger charge is 2.28. The lowest BCUT2D eigenvalue weighted by atomic mass is 10.2. The maximum Gasteiger partial charge on any atom is 0.308 e. The Bertz CT molecular complexity index is 1320. The molecule has 32 heavy (non-hydrogen) atoms. The van der Waals surface area contributed by atoms with Crippen molar-refractivity contribution in [3.8, 4) is 0 Å². The van der Waals surface area contributed by atoms with E-state index in [1.165, 1.54) is 22.5 Å². The number of rotatable bonds is 5. The Balaban J connectivity index is 1.61. The number of aromatic nitrogens is 1. The van der Waals surface area contributed by atoms with Crippen molar-refractivity contribution >= 4 is 54.8 Å². The van der Waals surface area contributed by atoms with Crippen molar-refractivity contribution in [2.75, 3.05) is 18.4 Å². The molecular formula is C22H24ClN3O4S2. The van der Waals surface area contributed by atoms with Gasteiger partial charge in [0.2, 0.25) is 10.0 Å². The van der Waals surface area contributed by atoms with E-state index >= 15 is 0 Å². The van der Waals surface area contributed by atoms with Crippen LogP contribution in [0.15, 0.2) is 46.1 Å². The first-order chi connectivity index (χ1) is 15.3. The molecule has 1 aliphatic heterocycles. The smallest absolute Gasteiger partial charge is 0.308 e. The van der Waals surface area contributed by atoms with Crippen LogP contribution in [-0.4, -0.2) is 36.3 Å². The molecule has 1 amide bonds. The van der Waals surface area contributed by atoms with Crippen molar-refractivity contribution in [3.63, 3.8) is 0 Å². The van der Waals surface area contributed by atoms with Gasteiger partial charge in [0.05, 0.1) is 15.2 Å². The van der Waals surface area contributed by atoms with E-state index in [0.29, 0.717) is 25.3 Å². The zero-order chi connectivity index (χ0) is 22.9. The van der Waals surface area contributed by atoms with Crippen LogP contribution >= 0.6 is 22.9 Å². The summed E-state index contributed by atoms with van der Waals surface area (Å²) in [6.45, 7) is 3.38. The second kappa shape index (κ2) is 9.35. The van der Waals surface area contributed by atoms with Gasteiger partial charge in [-0.2, -0.15) is 4.31 Å². The molecule has 10 heteroatoms. The van der Waals surface area contributed by atoms with Gasteiger partial charge in [0.15, 0.2) is 0 Å². The van der Waals surface area contributed by atoms with Crippen LogP contribution in [0.2, 0.25) is 5.02 Å². The molecule has 0 saturated carbocycles. The summed E-state index contributed by atoms with van der Waals surface area (Å²) in [5.41, 5.74) is 1.54. The number of thiazole rings is 1. The highest BCUT2D eigenvalue weighted by atomic mass is 35.5. The lowest BCUT2D eigenvalue weighted by Crippen LogP contribution is -2.32. The van der Waals surface area contributed by atoms with E-state index in [9.17, 15) is 18.0 Å². The topological polar surface area (TPSA) is 88.5 Å². The molecule has 0 atom stereocenters. The van der Waals surface area contributed by atoms with E-state index in [4.69, 9.17) is 11.6 Å². The number of anilines is 1. The number of nitrogens with zero attached hydrogens (tertiary/aromatic N) is 2. The van der Waals surface area contributed by atoms with Gasteiger partial charge in [0.1, 0.15) is 4.90 Å². The molecule has 4 rings (SSSR count). The van der Waals surface area contributed by atoms with E-state index in [1.54, 1.807) is 22.8 Å². The molecule has 3 aromatic rings. The van der Waals surface area contributed by atoms with Crippen molar-refractivity contribution in [2.24, 2.45) is 0 Å². The summed E-state index contributed by atoms with van der Waals surface area (Å²) in [7, 11) is -3.79.